The Hall–Kier alpha value is -0.890. The molecule has 0 saturated carbocycles. The number of amides is 1. The van der Waals surface area contributed by atoms with Crippen LogP contribution in [0.1, 0.15) is 6.42 Å². The molecule has 0 radical (unpaired) electrons. The molecule has 1 saturated heterocycles. The van der Waals surface area contributed by atoms with E-state index in [9.17, 15) is 14.4 Å². The molecule has 1 aliphatic rings. The van der Waals surface area contributed by atoms with E-state index in [1.54, 1.807) is 0 Å². The van der Waals surface area contributed by atoms with Gasteiger partial charge in [-0.05, 0) is 0 Å². The average molecular weight is 293 g/mol. The Bertz CT molecular complexity index is 323. The lowest BCUT2D eigenvalue weighted by Gasteiger charge is -2.08. The number of ether oxygens (including phenoxy) is 1. The van der Waals surface area contributed by atoms with Gasteiger partial charge >= 0.3 is 11.9 Å². The predicted octanol–water partition coefficient (Wildman–Crippen LogP) is -0.0309. The monoisotopic (exact) mass is 293 g/mol. The third kappa shape index (κ3) is 6.15. The molecule has 1 fully saturated rings. The van der Waals surface area contributed by atoms with Crippen molar-refractivity contribution in [1.29, 1.82) is 0 Å². The van der Waals surface area contributed by atoms with E-state index >= 15 is 0 Å². The minimum absolute atomic E-state index is 0.0840. The molecule has 1 unspecified atom stereocenters. The first-order valence-corrected chi connectivity index (χ1v) is 7.74. The lowest BCUT2D eigenvalue weighted by atomic mass is 10.2. The van der Waals surface area contributed by atoms with Gasteiger partial charge in [-0.3, -0.25) is 9.59 Å². The molecule has 1 amide bonds. The molecular weight excluding hydrogens is 278 g/mol. The van der Waals surface area contributed by atoms with E-state index in [1.165, 1.54) is 23.5 Å². The van der Waals surface area contributed by atoms with E-state index in [2.05, 4.69) is 5.32 Å². The molecule has 0 aliphatic carbocycles. The lowest BCUT2D eigenvalue weighted by Crippen LogP contribution is -2.38. The van der Waals surface area contributed by atoms with Crippen LogP contribution in [0.2, 0.25) is 0 Å². The maximum absolute atomic E-state index is 11.4. The van der Waals surface area contributed by atoms with Crippen LogP contribution < -0.4 is 5.32 Å². The number of hydrogen-bond donors (Lipinski definition) is 2. The molecule has 0 aromatic heterocycles. The molecule has 1 aliphatic heterocycles. The molecule has 0 aromatic rings. The molecule has 18 heavy (non-hydrogen) atoms. The fraction of sp³-hybridized carbons (Fsp3) is 0.700. The summed E-state index contributed by atoms with van der Waals surface area (Å²) >= 11 is 2.74. The highest BCUT2D eigenvalue weighted by Gasteiger charge is 2.27. The van der Waals surface area contributed by atoms with Crippen LogP contribution in [-0.4, -0.2) is 58.6 Å². The van der Waals surface area contributed by atoms with Crippen LogP contribution >= 0.6 is 23.5 Å². The van der Waals surface area contributed by atoms with Gasteiger partial charge in [-0.15, -0.1) is 11.8 Å². The summed E-state index contributed by atoms with van der Waals surface area (Å²) in [6.07, 6.45) is 0.531. The Labute approximate surface area is 113 Å². The maximum atomic E-state index is 11.4. The number of carboxylic acids is 1. The first kappa shape index (κ1) is 15.2. The molecule has 0 bridgehead atoms. The van der Waals surface area contributed by atoms with E-state index in [0.29, 0.717) is 24.5 Å². The van der Waals surface area contributed by atoms with E-state index in [-0.39, 0.29) is 23.4 Å². The van der Waals surface area contributed by atoms with Gasteiger partial charge < -0.3 is 15.2 Å². The van der Waals surface area contributed by atoms with Gasteiger partial charge in [0, 0.05) is 17.9 Å². The molecule has 2 N–H and O–H groups in total. The first-order chi connectivity index (χ1) is 8.59. The predicted molar refractivity (Wildman–Crippen MR) is 69.8 cm³/mol. The third-order valence-corrected chi connectivity index (χ3v) is 4.26. The summed E-state index contributed by atoms with van der Waals surface area (Å²) in [6, 6.07) is -0.500. The lowest BCUT2D eigenvalue weighted by molar-refractivity contribution is -0.141. The van der Waals surface area contributed by atoms with Crippen LogP contribution in [0.5, 0.6) is 0 Å². The fourth-order valence-electron chi connectivity index (χ4n) is 1.31. The van der Waals surface area contributed by atoms with Gasteiger partial charge in [-0.2, -0.15) is 11.8 Å². The second-order valence-electron chi connectivity index (χ2n) is 3.58. The number of aliphatic carboxylic acids is 1. The topological polar surface area (TPSA) is 92.7 Å². The number of nitrogens with one attached hydrogen (secondary N) is 1. The number of carbonyl (C=O) groups excluding carboxylic acids is 2. The fourth-order valence-corrected chi connectivity index (χ4v) is 2.98. The average Bonchev–Trinajstić information content (AvgIpc) is 2.69. The van der Waals surface area contributed by atoms with Crippen molar-refractivity contribution in [2.45, 2.75) is 12.5 Å². The molecule has 0 aromatic carbocycles. The number of cyclic esters (lactones) is 1. The minimum atomic E-state index is -0.831. The second kappa shape index (κ2) is 8.25. The van der Waals surface area contributed by atoms with Crippen LogP contribution in [-0.2, 0) is 19.1 Å². The molecule has 6 nitrogen and oxygen atoms in total. The van der Waals surface area contributed by atoms with Crippen molar-refractivity contribution in [3.05, 3.63) is 0 Å². The van der Waals surface area contributed by atoms with Crippen LogP contribution in [0.3, 0.4) is 0 Å². The summed E-state index contributed by atoms with van der Waals surface area (Å²) in [5, 5.41) is 11.0. The number of hydrogen-bond acceptors (Lipinski definition) is 6. The van der Waals surface area contributed by atoms with E-state index in [4.69, 9.17) is 9.84 Å². The normalized spacial score (nSPS) is 18.4. The second-order valence-corrected chi connectivity index (χ2v) is 5.79. The zero-order valence-corrected chi connectivity index (χ0v) is 11.3. The summed E-state index contributed by atoms with van der Waals surface area (Å²) in [5.41, 5.74) is 0. The van der Waals surface area contributed by atoms with Crippen LogP contribution in [0, 0.1) is 0 Å². The van der Waals surface area contributed by atoms with Crippen LogP contribution in [0.25, 0.3) is 0 Å². The van der Waals surface area contributed by atoms with Crippen molar-refractivity contribution in [1.82, 2.24) is 5.32 Å². The summed E-state index contributed by atoms with van der Waals surface area (Å²) in [4.78, 5) is 32.8. The van der Waals surface area contributed by atoms with E-state index in [1.807, 2.05) is 0 Å². The zero-order chi connectivity index (χ0) is 13.4. The Balaban J connectivity index is 2.00. The van der Waals surface area contributed by atoms with Crippen molar-refractivity contribution in [2.24, 2.45) is 0 Å². The molecule has 1 atom stereocenters. The third-order valence-electron chi connectivity index (χ3n) is 2.10. The number of carboxylic acid groups (broad SMARTS) is 1. The van der Waals surface area contributed by atoms with Crippen molar-refractivity contribution in [3.8, 4) is 0 Å². The number of esters is 1. The Morgan fingerprint density at radius 2 is 2.00 bits per heavy atom. The highest BCUT2D eigenvalue weighted by molar-refractivity contribution is 8.03. The quantitative estimate of drug-likeness (QED) is 0.479. The summed E-state index contributed by atoms with van der Waals surface area (Å²) in [5.74, 6) is 0.369. The standard InChI is InChI=1S/C10H15NO5S2/c12-8(11-7-1-2-16-10(7)15)5-17-3-4-18-6-9(13)14/h7H,1-6H2,(H,11,12)(H,13,14). The minimum Gasteiger partial charge on any atom is -0.481 e. The number of thioether (sulfide) groups is 2. The highest BCUT2D eigenvalue weighted by atomic mass is 32.2. The number of carbonyl (C=O) groups is 3. The van der Waals surface area contributed by atoms with Crippen LogP contribution in [0.4, 0.5) is 0 Å². The molecule has 0 spiro atoms. The molecular formula is C10H15NO5S2. The van der Waals surface area contributed by atoms with E-state index < -0.39 is 12.0 Å². The van der Waals surface area contributed by atoms with Crippen LogP contribution in [0.15, 0.2) is 0 Å². The smallest absolute Gasteiger partial charge is 0.328 e. The summed E-state index contributed by atoms with van der Waals surface area (Å²) in [7, 11) is 0. The molecule has 102 valence electrons. The van der Waals surface area contributed by atoms with Gasteiger partial charge in [-0.1, -0.05) is 0 Å². The van der Waals surface area contributed by atoms with Gasteiger partial charge in [0.25, 0.3) is 0 Å². The van der Waals surface area contributed by atoms with Crippen molar-refractivity contribution >= 4 is 41.4 Å². The SMILES string of the molecule is O=C(O)CSCCSCC(=O)NC1CCOC1=O. The van der Waals surface area contributed by atoms with Crippen molar-refractivity contribution in [3.63, 3.8) is 0 Å². The van der Waals surface area contributed by atoms with Gasteiger partial charge in [-0.25, -0.2) is 4.79 Å². The number of rotatable bonds is 8. The Kier molecular flexibility index (Phi) is 6.96. The molecule has 1 rings (SSSR count). The molecule has 8 heteroatoms. The largest absolute Gasteiger partial charge is 0.481 e. The highest BCUT2D eigenvalue weighted by Crippen LogP contribution is 2.08. The van der Waals surface area contributed by atoms with Gasteiger partial charge in [0.05, 0.1) is 18.1 Å². The molecule has 1 heterocycles. The van der Waals surface area contributed by atoms with Gasteiger partial charge in [0.1, 0.15) is 6.04 Å². The van der Waals surface area contributed by atoms with Crippen molar-refractivity contribution < 1.29 is 24.2 Å². The van der Waals surface area contributed by atoms with Gasteiger partial charge in [0.2, 0.25) is 5.91 Å². The maximum Gasteiger partial charge on any atom is 0.328 e. The van der Waals surface area contributed by atoms with Gasteiger partial charge in [0.15, 0.2) is 0 Å². The first-order valence-electron chi connectivity index (χ1n) is 5.43. The Morgan fingerprint density at radius 1 is 1.33 bits per heavy atom. The zero-order valence-electron chi connectivity index (χ0n) is 9.72. The van der Waals surface area contributed by atoms with E-state index in [0.717, 1.165) is 0 Å². The Morgan fingerprint density at radius 3 is 2.56 bits per heavy atom. The summed E-state index contributed by atoms with van der Waals surface area (Å²) < 4.78 is 4.73. The van der Waals surface area contributed by atoms with Crippen molar-refractivity contribution in [2.75, 3.05) is 29.6 Å². The summed E-state index contributed by atoms with van der Waals surface area (Å²) in [6.45, 7) is 0.364.